The Balaban J connectivity index is 2.45. The molecule has 18 heavy (non-hydrogen) atoms. The maximum absolute atomic E-state index is 12.1. The highest BCUT2D eigenvalue weighted by atomic mass is 16.5. The van der Waals surface area contributed by atoms with Crippen LogP contribution in [0.5, 0.6) is 0 Å². The molecule has 6 nitrogen and oxygen atoms in total. The molecular formula is C12H22N2O4. The molecule has 1 N–H and O–H groups in total. The van der Waals surface area contributed by atoms with Crippen molar-refractivity contribution < 1.29 is 19.4 Å². The first-order chi connectivity index (χ1) is 8.58. The molecule has 0 aromatic carbocycles. The fourth-order valence-electron chi connectivity index (χ4n) is 2.13. The van der Waals surface area contributed by atoms with Crippen LogP contribution in [0.2, 0.25) is 0 Å². The van der Waals surface area contributed by atoms with Crippen molar-refractivity contribution in [3.63, 3.8) is 0 Å². The highest BCUT2D eigenvalue weighted by Gasteiger charge is 2.26. The molecule has 104 valence electrons. The van der Waals surface area contributed by atoms with Gasteiger partial charge < -0.3 is 19.6 Å². The lowest BCUT2D eigenvalue weighted by Gasteiger charge is -2.34. The van der Waals surface area contributed by atoms with Crippen molar-refractivity contribution in [3.8, 4) is 0 Å². The van der Waals surface area contributed by atoms with Crippen molar-refractivity contribution in [2.75, 3.05) is 32.8 Å². The molecule has 2 amide bonds. The van der Waals surface area contributed by atoms with Gasteiger partial charge in [0.05, 0.1) is 6.10 Å². The van der Waals surface area contributed by atoms with Crippen molar-refractivity contribution >= 4 is 12.0 Å². The van der Waals surface area contributed by atoms with Gasteiger partial charge in [-0.3, -0.25) is 4.79 Å². The van der Waals surface area contributed by atoms with Crippen LogP contribution in [-0.4, -0.2) is 65.8 Å². The highest BCUT2D eigenvalue weighted by Crippen LogP contribution is 2.15. The maximum atomic E-state index is 12.1. The lowest BCUT2D eigenvalue weighted by atomic mass is 10.1. The topological polar surface area (TPSA) is 70.1 Å². The van der Waals surface area contributed by atoms with E-state index >= 15 is 0 Å². The number of rotatable bonds is 5. The van der Waals surface area contributed by atoms with Crippen molar-refractivity contribution in [1.29, 1.82) is 0 Å². The van der Waals surface area contributed by atoms with E-state index < -0.39 is 5.97 Å². The number of likely N-dealkylation sites (tertiary alicyclic amines) is 1. The van der Waals surface area contributed by atoms with Crippen molar-refractivity contribution in [2.24, 2.45) is 0 Å². The number of carbonyl (C=O) groups excluding carboxylic acids is 1. The molecular weight excluding hydrogens is 236 g/mol. The normalized spacial score (nSPS) is 16.7. The highest BCUT2D eigenvalue weighted by molar-refractivity contribution is 5.80. The van der Waals surface area contributed by atoms with E-state index in [0.29, 0.717) is 26.2 Å². The molecule has 1 heterocycles. The van der Waals surface area contributed by atoms with Gasteiger partial charge in [0, 0.05) is 26.2 Å². The van der Waals surface area contributed by atoms with Crippen LogP contribution < -0.4 is 0 Å². The van der Waals surface area contributed by atoms with Crippen LogP contribution in [0.15, 0.2) is 0 Å². The molecule has 0 unspecified atom stereocenters. The summed E-state index contributed by atoms with van der Waals surface area (Å²) >= 11 is 0. The first-order valence-electron chi connectivity index (χ1n) is 6.45. The molecule has 1 rings (SSSR count). The summed E-state index contributed by atoms with van der Waals surface area (Å²) in [6, 6.07) is -0.185. The summed E-state index contributed by atoms with van der Waals surface area (Å²) < 4.78 is 5.52. The van der Waals surface area contributed by atoms with Crippen LogP contribution in [0, 0.1) is 0 Å². The fourth-order valence-corrected chi connectivity index (χ4v) is 2.13. The number of carboxylic acid groups (broad SMARTS) is 1. The van der Waals surface area contributed by atoms with Crippen LogP contribution >= 0.6 is 0 Å². The predicted molar refractivity (Wildman–Crippen MR) is 66.5 cm³/mol. The van der Waals surface area contributed by atoms with Gasteiger partial charge in [0.1, 0.15) is 6.54 Å². The smallest absolute Gasteiger partial charge is 0.323 e. The Morgan fingerprint density at radius 3 is 2.39 bits per heavy atom. The summed E-state index contributed by atoms with van der Waals surface area (Å²) in [6.45, 7) is 5.90. The van der Waals surface area contributed by atoms with E-state index in [9.17, 15) is 9.59 Å². The van der Waals surface area contributed by atoms with E-state index in [0.717, 1.165) is 12.8 Å². The second kappa shape index (κ2) is 7.20. The lowest BCUT2D eigenvalue weighted by molar-refractivity contribution is -0.137. The summed E-state index contributed by atoms with van der Waals surface area (Å²) in [6.07, 6.45) is 1.88. The minimum atomic E-state index is -0.977. The molecule has 0 aromatic rings. The van der Waals surface area contributed by atoms with Gasteiger partial charge in [-0.1, -0.05) is 0 Å². The molecule has 0 bridgehead atoms. The van der Waals surface area contributed by atoms with E-state index in [4.69, 9.17) is 9.84 Å². The zero-order valence-corrected chi connectivity index (χ0v) is 11.1. The third-order valence-electron chi connectivity index (χ3n) is 3.09. The van der Waals surface area contributed by atoms with Gasteiger partial charge in [-0.05, 0) is 26.7 Å². The number of nitrogens with zero attached hydrogens (tertiary/aromatic N) is 2. The van der Waals surface area contributed by atoms with Crippen LogP contribution in [-0.2, 0) is 9.53 Å². The second-order valence-corrected chi connectivity index (χ2v) is 4.33. The molecule has 1 saturated heterocycles. The molecule has 6 heteroatoms. The Hall–Kier alpha value is -1.30. The Morgan fingerprint density at radius 2 is 1.94 bits per heavy atom. The first-order valence-corrected chi connectivity index (χ1v) is 6.45. The second-order valence-electron chi connectivity index (χ2n) is 4.33. The number of likely N-dealkylation sites (N-methyl/N-ethyl adjacent to an activating group) is 1. The monoisotopic (exact) mass is 258 g/mol. The lowest BCUT2D eigenvalue weighted by Crippen LogP contribution is -2.49. The third-order valence-corrected chi connectivity index (χ3v) is 3.09. The molecule has 0 atom stereocenters. The van der Waals surface area contributed by atoms with Gasteiger partial charge in [-0.15, -0.1) is 0 Å². The number of urea groups is 1. The number of aliphatic carboxylic acids is 1. The maximum Gasteiger partial charge on any atom is 0.323 e. The van der Waals surface area contributed by atoms with Crippen molar-refractivity contribution in [2.45, 2.75) is 32.8 Å². The number of piperidine rings is 1. The predicted octanol–water partition coefficient (Wildman–Crippen LogP) is 1.01. The van der Waals surface area contributed by atoms with E-state index in [1.54, 1.807) is 11.8 Å². The van der Waals surface area contributed by atoms with Crippen LogP contribution in [0.3, 0.4) is 0 Å². The number of carbonyl (C=O) groups is 2. The summed E-state index contributed by atoms with van der Waals surface area (Å²) in [5.41, 5.74) is 0. The van der Waals surface area contributed by atoms with E-state index in [1.807, 2.05) is 6.92 Å². The van der Waals surface area contributed by atoms with Gasteiger partial charge in [-0.25, -0.2) is 4.79 Å². The largest absolute Gasteiger partial charge is 0.480 e. The molecule has 0 aliphatic carbocycles. The van der Waals surface area contributed by atoms with Crippen molar-refractivity contribution in [1.82, 2.24) is 9.80 Å². The summed E-state index contributed by atoms with van der Waals surface area (Å²) in [4.78, 5) is 25.8. The number of hydrogen-bond donors (Lipinski definition) is 1. The molecule has 1 aliphatic rings. The average molecular weight is 258 g/mol. The Bertz CT molecular complexity index is 288. The molecule has 0 spiro atoms. The number of amides is 2. The van der Waals surface area contributed by atoms with Gasteiger partial charge in [-0.2, -0.15) is 0 Å². The molecule has 0 radical (unpaired) electrons. The molecule has 1 aliphatic heterocycles. The average Bonchev–Trinajstić information content (AvgIpc) is 2.36. The molecule has 1 fully saturated rings. The molecule has 0 aromatic heterocycles. The number of hydrogen-bond acceptors (Lipinski definition) is 3. The van der Waals surface area contributed by atoms with E-state index in [2.05, 4.69) is 0 Å². The van der Waals surface area contributed by atoms with E-state index in [-0.39, 0.29) is 18.7 Å². The number of ether oxygens (including phenoxy) is 1. The first kappa shape index (κ1) is 14.8. The number of carboxylic acids is 1. The summed E-state index contributed by atoms with van der Waals surface area (Å²) in [7, 11) is 0. The zero-order chi connectivity index (χ0) is 13.5. The van der Waals surface area contributed by atoms with Gasteiger partial charge >= 0.3 is 12.0 Å². The van der Waals surface area contributed by atoms with Gasteiger partial charge in [0.2, 0.25) is 0 Å². The standard InChI is InChI=1S/C12H22N2O4/c1-3-13(9-11(15)16)12(17)14-7-5-10(6-8-14)18-4-2/h10H,3-9H2,1-2H3,(H,15,16). The Kier molecular flexibility index (Phi) is 5.91. The Morgan fingerprint density at radius 1 is 1.33 bits per heavy atom. The minimum absolute atomic E-state index is 0.185. The molecule has 0 saturated carbocycles. The quantitative estimate of drug-likeness (QED) is 0.799. The van der Waals surface area contributed by atoms with Gasteiger partial charge in [0.25, 0.3) is 0 Å². The van der Waals surface area contributed by atoms with Crippen LogP contribution in [0.1, 0.15) is 26.7 Å². The fraction of sp³-hybridized carbons (Fsp3) is 0.833. The van der Waals surface area contributed by atoms with Crippen LogP contribution in [0.25, 0.3) is 0 Å². The van der Waals surface area contributed by atoms with Crippen LogP contribution in [0.4, 0.5) is 4.79 Å². The summed E-state index contributed by atoms with van der Waals surface area (Å²) in [5.74, 6) is -0.977. The third kappa shape index (κ3) is 4.18. The van der Waals surface area contributed by atoms with Crippen molar-refractivity contribution in [3.05, 3.63) is 0 Å². The zero-order valence-electron chi connectivity index (χ0n) is 11.1. The van der Waals surface area contributed by atoms with Gasteiger partial charge in [0.15, 0.2) is 0 Å². The SMILES string of the molecule is CCOC1CCN(C(=O)N(CC)CC(=O)O)CC1. The van der Waals surface area contributed by atoms with E-state index in [1.165, 1.54) is 4.90 Å². The minimum Gasteiger partial charge on any atom is -0.480 e. The Labute approximate surface area is 107 Å². The summed E-state index contributed by atoms with van der Waals surface area (Å²) in [5, 5.41) is 8.74.